The first-order chi connectivity index (χ1) is 11.5. The van der Waals surface area contributed by atoms with E-state index in [1.54, 1.807) is 6.07 Å². The van der Waals surface area contributed by atoms with Crippen LogP contribution < -0.4 is 10.9 Å². The average molecular weight is 333 g/mol. The fourth-order valence-electron chi connectivity index (χ4n) is 2.78. The van der Waals surface area contributed by atoms with Crippen molar-refractivity contribution < 1.29 is 13.6 Å². The molecule has 0 saturated carbocycles. The summed E-state index contributed by atoms with van der Waals surface area (Å²) in [5, 5.41) is 6.93. The van der Waals surface area contributed by atoms with Gasteiger partial charge in [0.25, 0.3) is 11.5 Å². The molecule has 0 saturated heterocycles. The molecule has 0 atom stereocenters. The van der Waals surface area contributed by atoms with E-state index in [0.29, 0.717) is 0 Å². The highest BCUT2D eigenvalue weighted by Gasteiger charge is 2.13. The summed E-state index contributed by atoms with van der Waals surface area (Å²) in [5.74, 6) is -2.61. The number of nitrogens with zero attached hydrogens (tertiary/aromatic N) is 2. The lowest BCUT2D eigenvalue weighted by Gasteiger charge is -2.16. The Labute approximate surface area is 137 Å². The molecule has 0 unspecified atom stereocenters. The summed E-state index contributed by atoms with van der Waals surface area (Å²) in [5.41, 5.74) is 1.78. The molecule has 1 heterocycles. The van der Waals surface area contributed by atoms with Gasteiger partial charge in [0, 0.05) is 18.2 Å². The maximum absolute atomic E-state index is 13.1. The summed E-state index contributed by atoms with van der Waals surface area (Å²) in [6, 6.07) is 4.56. The zero-order valence-electron chi connectivity index (χ0n) is 13.0. The molecule has 1 aromatic carbocycles. The van der Waals surface area contributed by atoms with Crippen LogP contribution in [0.15, 0.2) is 29.1 Å². The molecule has 0 bridgehead atoms. The van der Waals surface area contributed by atoms with E-state index in [0.717, 1.165) is 49.1 Å². The van der Waals surface area contributed by atoms with Gasteiger partial charge in [0.05, 0.1) is 12.2 Å². The molecule has 5 nitrogen and oxygen atoms in total. The third-order valence-electron chi connectivity index (χ3n) is 4.06. The summed E-state index contributed by atoms with van der Waals surface area (Å²) in [6.45, 7) is 0.394. The Balaban J connectivity index is 1.63. The van der Waals surface area contributed by atoms with E-state index in [-0.39, 0.29) is 24.2 Å². The molecule has 1 aromatic heterocycles. The third-order valence-corrected chi connectivity index (χ3v) is 4.06. The van der Waals surface area contributed by atoms with E-state index in [9.17, 15) is 18.4 Å². The Hall–Kier alpha value is -2.57. The predicted molar refractivity (Wildman–Crippen MR) is 83.8 cm³/mol. The van der Waals surface area contributed by atoms with Gasteiger partial charge in [0.15, 0.2) is 11.6 Å². The molecule has 0 radical (unpaired) electrons. The van der Waals surface area contributed by atoms with Crippen LogP contribution in [-0.4, -0.2) is 22.2 Å². The van der Waals surface area contributed by atoms with Crippen LogP contribution in [-0.2, 0) is 19.4 Å². The molecule has 1 amide bonds. The second-order valence-corrected chi connectivity index (χ2v) is 5.77. The van der Waals surface area contributed by atoms with Crippen molar-refractivity contribution in [2.45, 2.75) is 32.2 Å². The molecule has 24 heavy (non-hydrogen) atoms. The van der Waals surface area contributed by atoms with Crippen LogP contribution in [0.5, 0.6) is 0 Å². The van der Waals surface area contributed by atoms with Crippen LogP contribution in [0.3, 0.4) is 0 Å². The van der Waals surface area contributed by atoms with Crippen molar-refractivity contribution in [3.05, 3.63) is 63.1 Å². The number of aryl methyl sites for hydroxylation is 2. The summed E-state index contributed by atoms with van der Waals surface area (Å²) in [6.07, 6.45) is 3.87. The molecule has 1 aliphatic rings. The van der Waals surface area contributed by atoms with Crippen LogP contribution in [0.2, 0.25) is 0 Å². The zero-order chi connectivity index (χ0) is 17.1. The third kappa shape index (κ3) is 3.50. The smallest absolute Gasteiger partial charge is 0.267 e. The minimum absolute atomic E-state index is 0.0275. The van der Waals surface area contributed by atoms with Gasteiger partial charge in [-0.1, -0.05) is 0 Å². The van der Waals surface area contributed by atoms with Crippen molar-refractivity contribution in [1.82, 2.24) is 15.1 Å². The number of benzene rings is 1. The molecular weight excluding hydrogens is 316 g/mol. The van der Waals surface area contributed by atoms with Gasteiger partial charge in [-0.2, -0.15) is 5.10 Å². The first kappa shape index (κ1) is 16.3. The largest absolute Gasteiger partial charge is 0.350 e. The van der Waals surface area contributed by atoms with E-state index in [1.165, 1.54) is 10.7 Å². The highest BCUT2D eigenvalue weighted by Crippen LogP contribution is 2.16. The number of amides is 1. The molecule has 7 heteroatoms. The fourth-order valence-corrected chi connectivity index (χ4v) is 2.78. The number of nitrogens with one attached hydrogen (secondary N) is 1. The van der Waals surface area contributed by atoms with E-state index in [1.807, 2.05) is 0 Å². The quantitative estimate of drug-likeness (QED) is 0.928. The first-order valence-electron chi connectivity index (χ1n) is 7.88. The number of aromatic nitrogens is 2. The second kappa shape index (κ2) is 6.90. The highest BCUT2D eigenvalue weighted by molar-refractivity contribution is 5.94. The van der Waals surface area contributed by atoms with Crippen molar-refractivity contribution in [1.29, 1.82) is 0 Å². The van der Waals surface area contributed by atoms with Crippen molar-refractivity contribution in [2.24, 2.45) is 0 Å². The summed E-state index contributed by atoms with van der Waals surface area (Å²) < 4.78 is 27.3. The maximum atomic E-state index is 13.1. The lowest BCUT2D eigenvalue weighted by Crippen LogP contribution is -2.33. The Kier molecular flexibility index (Phi) is 4.69. The van der Waals surface area contributed by atoms with Crippen LogP contribution in [0.1, 0.15) is 34.5 Å². The molecular formula is C17H17F2N3O2. The van der Waals surface area contributed by atoms with E-state index >= 15 is 0 Å². The molecule has 2 aromatic rings. The van der Waals surface area contributed by atoms with Crippen LogP contribution in [0, 0.1) is 11.6 Å². The van der Waals surface area contributed by atoms with Crippen LogP contribution in [0.4, 0.5) is 8.78 Å². The zero-order valence-corrected chi connectivity index (χ0v) is 13.0. The minimum Gasteiger partial charge on any atom is -0.350 e. The van der Waals surface area contributed by atoms with Crippen molar-refractivity contribution in [2.75, 3.05) is 6.54 Å². The lowest BCUT2D eigenvalue weighted by atomic mass is 9.97. The Morgan fingerprint density at radius 1 is 1.17 bits per heavy atom. The monoisotopic (exact) mass is 333 g/mol. The number of hydrogen-bond acceptors (Lipinski definition) is 3. The lowest BCUT2D eigenvalue weighted by molar-refractivity contribution is 0.0951. The maximum Gasteiger partial charge on any atom is 0.267 e. The number of carbonyl (C=O) groups excluding carboxylic acids is 1. The van der Waals surface area contributed by atoms with Crippen molar-refractivity contribution in [3.8, 4) is 0 Å². The molecule has 0 spiro atoms. The number of halogens is 2. The van der Waals surface area contributed by atoms with Gasteiger partial charge in [0.1, 0.15) is 0 Å². The molecule has 0 aliphatic heterocycles. The standard InChI is InChI=1S/C17H17F2N3O2/c18-13-6-5-12(9-14(13)19)17(24)20-7-8-22-16(23)10-11-3-1-2-4-15(11)21-22/h5-6,9-10H,1-4,7-8H2,(H,20,24). The van der Waals surface area contributed by atoms with E-state index in [2.05, 4.69) is 10.4 Å². The van der Waals surface area contributed by atoms with Gasteiger partial charge in [-0.05, 0) is 49.4 Å². The summed E-state index contributed by atoms with van der Waals surface area (Å²) in [4.78, 5) is 23.9. The molecule has 1 N–H and O–H groups in total. The average Bonchev–Trinajstić information content (AvgIpc) is 2.57. The van der Waals surface area contributed by atoms with Crippen molar-refractivity contribution >= 4 is 5.91 Å². The van der Waals surface area contributed by atoms with Gasteiger partial charge >= 0.3 is 0 Å². The van der Waals surface area contributed by atoms with Gasteiger partial charge in [-0.3, -0.25) is 9.59 Å². The SMILES string of the molecule is O=C(NCCn1nc2c(cc1=O)CCCC2)c1ccc(F)c(F)c1. The van der Waals surface area contributed by atoms with Crippen LogP contribution in [0.25, 0.3) is 0 Å². The normalized spacial score (nSPS) is 13.4. The van der Waals surface area contributed by atoms with Gasteiger partial charge in [-0.25, -0.2) is 13.5 Å². The van der Waals surface area contributed by atoms with Gasteiger partial charge in [-0.15, -0.1) is 0 Å². The highest BCUT2D eigenvalue weighted by atomic mass is 19.2. The summed E-state index contributed by atoms with van der Waals surface area (Å²) in [7, 11) is 0. The summed E-state index contributed by atoms with van der Waals surface area (Å²) >= 11 is 0. The van der Waals surface area contributed by atoms with Crippen molar-refractivity contribution in [3.63, 3.8) is 0 Å². The molecule has 126 valence electrons. The molecule has 0 fully saturated rings. The minimum atomic E-state index is -1.07. The topological polar surface area (TPSA) is 64.0 Å². The first-order valence-corrected chi connectivity index (χ1v) is 7.88. The second-order valence-electron chi connectivity index (χ2n) is 5.77. The number of fused-ring (bicyclic) bond motifs is 1. The number of rotatable bonds is 4. The van der Waals surface area contributed by atoms with Gasteiger partial charge < -0.3 is 5.32 Å². The Morgan fingerprint density at radius 3 is 2.75 bits per heavy atom. The van der Waals surface area contributed by atoms with Crippen LogP contribution >= 0.6 is 0 Å². The fraction of sp³-hybridized carbons (Fsp3) is 0.353. The molecule has 1 aliphatic carbocycles. The van der Waals surface area contributed by atoms with E-state index in [4.69, 9.17) is 0 Å². The Bertz CT molecular complexity index is 833. The van der Waals surface area contributed by atoms with Gasteiger partial charge in [0.2, 0.25) is 0 Å². The molecule has 3 rings (SSSR count). The predicted octanol–water partition coefficient (Wildman–Crippen LogP) is 1.83. The Morgan fingerprint density at radius 2 is 1.96 bits per heavy atom. The number of carbonyl (C=O) groups is 1. The number of hydrogen-bond donors (Lipinski definition) is 1. The van der Waals surface area contributed by atoms with E-state index < -0.39 is 17.5 Å².